The van der Waals surface area contributed by atoms with E-state index in [1.165, 1.54) is 23.2 Å². The number of rotatable bonds is 3. The number of benzene rings is 1. The minimum atomic E-state index is -4.41. The molecule has 0 atom stereocenters. The summed E-state index contributed by atoms with van der Waals surface area (Å²) in [5, 5.41) is 0.495. The van der Waals surface area contributed by atoms with Gasteiger partial charge in [0.05, 0.1) is 23.7 Å². The summed E-state index contributed by atoms with van der Waals surface area (Å²) >= 11 is 5.73. The molecular weight excluding hydrogens is 345 g/mol. The van der Waals surface area contributed by atoms with Crippen molar-refractivity contribution < 1.29 is 22.7 Å². The highest BCUT2D eigenvalue weighted by molar-refractivity contribution is 6.30. The number of alkyl halides is 3. The summed E-state index contributed by atoms with van der Waals surface area (Å²) in [6, 6.07) is 7.44. The van der Waals surface area contributed by atoms with E-state index in [4.69, 9.17) is 16.3 Å². The summed E-state index contributed by atoms with van der Waals surface area (Å²) < 4.78 is 43.1. The maximum atomic E-state index is 12.5. The number of carbonyl (C=O) groups is 1. The average Bonchev–Trinajstić information content (AvgIpc) is 2.51. The number of likely N-dealkylation sites (tertiary alicyclic amines) is 1. The molecule has 1 aromatic carbocycles. The largest absolute Gasteiger partial charge is 0.471 e. The van der Waals surface area contributed by atoms with Crippen molar-refractivity contribution in [3.05, 3.63) is 58.7 Å². The Kier molecular flexibility index (Phi) is 4.36. The number of nitrogens with zero attached hydrogens (tertiary/aromatic N) is 2. The normalized spacial score (nSPS) is 15.1. The monoisotopic (exact) mass is 356 g/mol. The second-order valence-electron chi connectivity index (χ2n) is 5.34. The first-order chi connectivity index (χ1) is 11.3. The van der Waals surface area contributed by atoms with Crippen LogP contribution in [0.2, 0.25) is 5.02 Å². The number of pyridine rings is 1. The molecule has 0 aliphatic carbocycles. The van der Waals surface area contributed by atoms with Gasteiger partial charge in [0.2, 0.25) is 5.88 Å². The van der Waals surface area contributed by atoms with Crippen LogP contribution in [0.3, 0.4) is 0 Å². The molecule has 2 aromatic rings. The summed E-state index contributed by atoms with van der Waals surface area (Å²) in [4.78, 5) is 17.7. The third-order valence-electron chi connectivity index (χ3n) is 3.58. The Morgan fingerprint density at radius 3 is 2.38 bits per heavy atom. The van der Waals surface area contributed by atoms with E-state index < -0.39 is 11.7 Å². The van der Waals surface area contributed by atoms with Crippen molar-refractivity contribution in [3.63, 3.8) is 0 Å². The van der Waals surface area contributed by atoms with Crippen LogP contribution in [0.15, 0.2) is 42.6 Å². The molecule has 0 N–H and O–H groups in total. The zero-order valence-electron chi connectivity index (χ0n) is 12.3. The highest BCUT2D eigenvalue weighted by atomic mass is 35.5. The number of halogens is 4. The Bertz CT molecular complexity index is 726. The number of carbonyl (C=O) groups excluding carboxylic acids is 1. The van der Waals surface area contributed by atoms with Gasteiger partial charge in [-0.05, 0) is 30.3 Å². The van der Waals surface area contributed by atoms with Gasteiger partial charge in [-0.15, -0.1) is 0 Å². The van der Waals surface area contributed by atoms with Gasteiger partial charge in [0, 0.05) is 17.8 Å². The van der Waals surface area contributed by atoms with Crippen LogP contribution in [0.5, 0.6) is 5.88 Å². The Morgan fingerprint density at radius 1 is 1.17 bits per heavy atom. The smallest absolute Gasteiger partial charge is 0.416 e. The predicted molar refractivity (Wildman–Crippen MR) is 81.0 cm³/mol. The molecule has 1 saturated heterocycles. The molecule has 1 amide bonds. The van der Waals surface area contributed by atoms with Crippen molar-refractivity contribution in [2.75, 3.05) is 13.1 Å². The van der Waals surface area contributed by atoms with Crippen LogP contribution in [0, 0.1) is 0 Å². The molecule has 3 rings (SSSR count). The molecule has 0 saturated carbocycles. The number of amides is 1. The SMILES string of the molecule is O=C(c1ccc(C(F)(F)F)cc1)N1CC(Oc2ccc(Cl)cn2)C1. The number of ether oxygens (including phenoxy) is 1. The zero-order chi connectivity index (χ0) is 17.3. The van der Waals surface area contributed by atoms with Crippen LogP contribution in [0.25, 0.3) is 0 Å². The van der Waals surface area contributed by atoms with Gasteiger partial charge in [-0.3, -0.25) is 4.79 Å². The molecule has 1 aromatic heterocycles. The molecular formula is C16H12ClF3N2O2. The zero-order valence-corrected chi connectivity index (χ0v) is 13.0. The van der Waals surface area contributed by atoms with Gasteiger partial charge in [0.1, 0.15) is 6.10 Å². The molecule has 24 heavy (non-hydrogen) atoms. The summed E-state index contributed by atoms with van der Waals surface area (Å²) in [7, 11) is 0. The summed E-state index contributed by atoms with van der Waals surface area (Å²) in [5.41, 5.74) is -0.566. The molecule has 0 spiro atoms. The molecule has 0 unspecified atom stereocenters. The van der Waals surface area contributed by atoms with Gasteiger partial charge in [0.15, 0.2) is 0 Å². The van der Waals surface area contributed by atoms with Crippen molar-refractivity contribution in [1.82, 2.24) is 9.88 Å². The number of hydrogen-bond donors (Lipinski definition) is 0. The highest BCUT2D eigenvalue weighted by Crippen LogP contribution is 2.29. The van der Waals surface area contributed by atoms with Crippen molar-refractivity contribution in [2.24, 2.45) is 0 Å². The van der Waals surface area contributed by atoms with E-state index in [1.807, 2.05) is 0 Å². The van der Waals surface area contributed by atoms with Crippen molar-refractivity contribution >= 4 is 17.5 Å². The van der Waals surface area contributed by atoms with E-state index in [0.29, 0.717) is 24.0 Å². The molecule has 1 aliphatic heterocycles. The highest BCUT2D eigenvalue weighted by Gasteiger charge is 2.34. The minimum Gasteiger partial charge on any atom is -0.471 e. The lowest BCUT2D eigenvalue weighted by Gasteiger charge is -2.38. The molecule has 1 fully saturated rings. The maximum absolute atomic E-state index is 12.5. The molecule has 1 aliphatic rings. The minimum absolute atomic E-state index is 0.197. The fraction of sp³-hybridized carbons (Fsp3) is 0.250. The van der Waals surface area contributed by atoms with Gasteiger partial charge in [-0.1, -0.05) is 11.6 Å². The van der Waals surface area contributed by atoms with Crippen molar-refractivity contribution in [2.45, 2.75) is 12.3 Å². The van der Waals surface area contributed by atoms with Crippen LogP contribution in [-0.2, 0) is 6.18 Å². The van der Waals surface area contributed by atoms with Gasteiger partial charge in [-0.25, -0.2) is 4.98 Å². The fourth-order valence-corrected chi connectivity index (χ4v) is 2.38. The quantitative estimate of drug-likeness (QED) is 0.843. The first kappa shape index (κ1) is 16.6. The summed E-state index contributed by atoms with van der Waals surface area (Å²) in [5.74, 6) is 0.0821. The Hall–Kier alpha value is -2.28. The summed E-state index contributed by atoms with van der Waals surface area (Å²) in [6.45, 7) is 0.703. The summed E-state index contributed by atoms with van der Waals surface area (Å²) in [6.07, 6.45) is -3.15. The van der Waals surface area contributed by atoms with E-state index in [1.54, 1.807) is 12.1 Å². The Labute approximate surface area is 140 Å². The Balaban J connectivity index is 1.55. The van der Waals surface area contributed by atoms with Crippen LogP contribution in [0.1, 0.15) is 15.9 Å². The molecule has 126 valence electrons. The van der Waals surface area contributed by atoms with Gasteiger partial charge < -0.3 is 9.64 Å². The topological polar surface area (TPSA) is 42.4 Å². The standard InChI is InChI=1S/C16H12ClF3N2O2/c17-12-5-6-14(21-7-12)24-13-8-22(9-13)15(23)10-1-3-11(4-2-10)16(18,19)20/h1-7,13H,8-9H2. The average molecular weight is 357 g/mol. The van der Waals surface area contributed by atoms with E-state index >= 15 is 0 Å². The molecule has 2 heterocycles. The molecule has 0 radical (unpaired) electrons. The number of hydrogen-bond acceptors (Lipinski definition) is 3. The first-order valence-electron chi connectivity index (χ1n) is 7.07. The predicted octanol–water partition coefficient (Wildman–Crippen LogP) is 3.66. The van der Waals surface area contributed by atoms with E-state index in [9.17, 15) is 18.0 Å². The molecule has 8 heteroatoms. The van der Waals surface area contributed by atoms with E-state index in [-0.39, 0.29) is 17.6 Å². The van der Waals surface area contributed by atoms with Crippen molar-refractivity contribution in [1.29, 1.82) is 0 Å². The molecule has 0 bridgehead atoms. The van der Waals surface area contributed by atoms with E-state index in [0.717, 1.165) is 12.1 Å². The van der Waals surface area contributed by atoms with Gasteiger partial charge in [0.25, 0.3) is 5.91 Å². The van der Waals surface area contributed by atoms with Crippen molar-refractivity contribution in [3.8, 4) is 5.88 Å². The fourth-order valence-electron chi connectivity index (χ4n) is 2.27. The lowest BCUT2D eigenvalue weighted by atomic mass is 10.1. The second kappa shape index (κ2) is 6.32. The number of aromatic nitrogens is 1. The van der Waals surface area contributed by atoms with Crippen LogP contribution in [-0.4, -0.2) is 35.0 Å². The van der Waals surface area contributed by atoms with Gasteiger partial charge >= 0.3 is 6.18 Å². The van der Waals surface area contributed by atoms with Gasteiger partial charge in [-0.2, -0.15) is 13.2 Å². The third kappa shape index (κ3) is 3.62. The first-order valence-corrected chi connectivity index (χ1v) is 7.45. The second-order valence-corrected chi connectivity index (χ2v) is 5.78. The van der Waals surface area contributed by atoms with Crippen LogP contribution >= 0.6 is 11.6 Å². The lowest BCUT2D eigenvalue weighted by Crippen LogP contribution is -2.56. The van der Waals surface area contributed by atoms with Crippen LogP contribution < -0.4 is 4.74 Å². The molecule has 4 nitrogen and oxygen atoms in total. The Morgan fingerprint density at radius 2 is 1.83 bits per heavy atom. The lowest BCUT2D eigenvalue weighted by molar-refractivity contribution is -0.137. The maximum Gasteiger partial charge on any atom is 0.416 e. The van der Waals surface area contributed by atoms with Crippen LogP contribution in [0.4, 0.5) is 13.2 Å². The third-order valence-corrected chi connectivity index (χ3v) is 3.81. The van der Waals surface area contributed by atoms with E-state index in [2.05, 4.69) is 4.98 Å².